The number of ketones is 1. The van der Waals surface area contributed by atoms with Crippen molar-refractivity contribution in [1.82, 2.24) is 4.90 Å². The molecule has 1 spiro atoms. The maximum absolute atomic E-state index is 13.6. The number of carbonyl (C=O) groups is 1. The molecule has 4 nitrogen and oxygen atoms in total. The van der Waals surface area contributed by atoms with Crippen LogP contribution in [0.4, 0.5) is 0 Å². The van der Waals surface area contributed by atoms with Gasteiger partial charge in [-0.3, -0.25) is 9.69 Å². The first-order valence-corrected chi connectivity index (χ1v) is 9.88. The lowest BCUT2D eigenvalue weighted by Crippen LogP contribution is -2.59. The van der Waals surface area contributed by atoms with Crippen molar-refractivity contribution in [3.05, 3.63) is 59.2 Å². The molecule has 0 bridgehead atoms. The van der Waals surface area contributed by atoms with Gasteiger partial charge in [-0.15, -0.1) is 0 Å². The summed E-state index contributed by atoms with van der Waals surface area (Å²) in [6.45, 7) is 1.75. The number of Topliss-reactive ketones (excluding diaryl/α,β-unsaturated/α-hetero) is 1. The summed E-state index contributed by atoms with van der Waals surface area (Å²) in [5.41, 5.74) is 2.53. The van der Waals surface area contributed by atoms with Crippen molar-refractivity contribution in [1.29, 1.82) is 0 Å². The van der Waals surface area contributed by atoms with Gasteiger partial charge in [-0.25, -0.2) is 0 Å². The van der Waals surface area contributed by atoms with Crippen molar-refractivity contribution in [2.45, 2.75) is 44.1 Å². The molecule has 1 unspecified atom stereocenters. The second-order valence-corrected chi connectivity index (χ2v) is 7.71. The van der Waals surface area contributed by atoms with Gasteiger partial charge in [0.15, 0.2) is 5.78 Å². The largest absolute Gasteiger partial charge is 0.508 e. The van der Waals surface area contributed by atoms with Crippen LogP contribution in [0.2, 0.25) is 0 Å². The molecule has 1 aliphatic heterocycles. The molecule has 1 fully saturated rings. The number of likely N-dealkylation sites (tertiary alicyclic amines) is 1. The minimum atomic E-state index is -0.385. The van der Waals surface area contributed by atoms with E-state index in [0.29, 0.717) is 5.75 Å². The summed E-state index contributed by atoms with van der Waals surface area (Å²) in [6.07, 6.45) is 5.70. The van der Waals surface area contributed by atoms with Crippen LogP contribution < -0.4 is 4.74 Å². The number of aryl methyl sites for hydroxylation is 1. The van der Waals surface area contributed by atoms with Crippen molar-refractivity contribution in [3.8, 4) is 11.5 Å². The van der Waals surface area contributed by atoms with E-state index in [1.807, 2.05) is 36.4 Å². The topological polar surface area (TPSA) is 49.8 Å². The van der Waals surface area contributed by atoms with Gasteiger partial charge >= 0.3 is 0 Å². The number of rotatable bonds is 4. The SMILES string of the molecule is COc1ccc2c(c1)CCC1(CCCCN1CCc1ccccc1O)C2=O. The summed E-state index contributed by atoms with van der Waals surface area (Å²) in [4.78, 5) is 15.9. The third kappa shape index (κ3) is 3.23. The summed E-state index contributed by atoms with van der Waals surface area (Å²) in [6, 6.07) is 13.3. The van der Waals surface area contributed by atoms with Crippen LogP contribution in [0.5, 0.6) is 11.5 Å². The second-order valence-electron chi connectivity index (χ2n) is 7.71. The van der Waals surface area contributed by atoms with E-state index < -0.39 is 0 Å². The first-order valence-electron chi connectivity index (χ1n) is 9.88. The molecule has 0 radical (unpaired) electrons. The monoisotopic (exact) mass is 365 g/mol. The fraction of sp³-hybridized carbons (Fsp3) is 0.435. The number of aromatic hydroxyl groups is 1. The van der Waals surface area contributed by atoms with Crippen LogP contribution in [-0.2, 0) is 12.8 Å². The molecule has 2 aromatic carbocycles. The molecular formula is C23H27NO3. The number of phenols is 1. The Bertz CT molecular complexity index is 847. The Kier molecular flexibility index (Phi) is 4.92. The standard InChI is InChI=1S/C23H27NO3/c1-27-19-8-9-20-18(16-19)10-13-23(22(20)26)12-4-5-14-24(23)15-11-17-6-2-3-7-21(17)25/h2-3,6-9,16,25H,4-5,10-15H2,1H3. The molecule has 1 heterocycles. The zero-order chi connectivity index (χ0) is 18.9. The van der Waals surface area contributed by atoms with Gasteiger partial charge in [0, 0.05) is 12.1 Å². The highest BCUT2D eigenvalue weighted by molar-refractivity contribution is 6.05. The molecule has 142 valence electrons. The van der Waals surface area contributed by atoms with Gasteiger partial charge in [-0.1, -0.05) is 18.2 Å². The number of benzene rings is 2. The van der Waals surface area contributed by atoms with Gasteiger partial charge in [0.2, 0.25) is 0 Å². The predicted molar refractivity (Wildman–Crippen MR) is 106 cm³/mol. The van der Waals surface area contributed by atoms with E-state index in [-0.39, 0.29) is 11.3 Å². The molecule has 1 atom stereocenters. The number of carbonyl (C=O) groups excluding carboxylic acids is 1. The van der Waals surface area contributed by atoms with Gasteiger partial charge in [-0.05, 0) is 80.5 Å². The van der Waals surface area contributed by atoms with E-state index in [2.05, 4.69) is 4.90 Å². The van der Waals surface area contributed by atoms with E-state index in [1.54, 1.807) is 13.2 Å². The molecule has 0 saturated carbocycles. The highest BCUT2D eigenvalue weighted by atomic mass is 16.5. The Labute approximate surface area is 160 Å². The molecule has 1 aliphatic carbocycles. The molecule has 4 rings (SSSR count). The lowest BCUT2D eigenvalue weighted by molar-refractivity contribution is 0.0297. The van der Waals surface area contributed by atoms with Crippen molar-refractivity contribution >= 4 is 5.78 Å². The smallest absolute Gasteiger partial charge is 0.183 e. The predicted octanol–water partition coefficient (Wildman–Crippen LogP) is 4.00. The minimum Gasteiger partial charge on any atom is -0.508 e. The van der Waals surface area contributed by atoms with Gasteiger partial charge in [0.25, 0.3) is 0 Å². The van der Waals surface area contributed by atoms with Gasteiger partial charge in [0.05, 0.1) is 12.6 Å². The lowest BCUT2D eigenvalue weighted by atomic mass is 9.71. The van der Waals surface area contributed by atoms with E-state index in [0.717, 1.165) is 74.1 Å². The average molecular weight is 365 g/mol. The van der Waals surface area contributed by atoms with Crippen LogP contribution in [0.25, 0.3) is 0 Å². The van der Waals surface area contributed by atoms with Crippen molar-refractivity contribution in [3.63, 3.8) is 0 Å². The van der Waals surface area contributed by atoms with Crippen LogP contribution >= 0.6 is 0 Å². The molecule has 1 N–H and O–H groups in total. The van der Waals surface area contributed by atoms with Gasteiger partial charge in [0.1, 0.15) is 11.5 Å². The molecule has 1 saturated heterocycles. The Balaban J connectivity index is 1.59. The van der Waals surface area contributed by atoms with Crippen LogP contribution in [0, 0.1) is 0 Å². The molecule has 2 aromatic rings. The summed E-state index contributed by atoms with van der Waals surface area (Å²) in [5.74, 6) is 1.43. The number of fused-ring (bicyclic) bond motifs is 1. The Hall–Kier alpha value is -2.33. The quantitative estimate of drug-likeness (QED) is 0.890. The zero-order valence-corrected chi connectivity index (χ0v) is 15.9. The van der Waals surface area contributed by atoms with Crippen molar-refractivity contribution < 1.29 is 14.6 Å². The lowest BCUT2D eigenvalue weighted by Gasteiger charge is -2.48. The number of nitrogens with zero attached hydrogens (tertiary/aromatic N) is 1. The zero-order valence-electron chi connectivity index (χ0n) is 15.9. The minimum absolute atomic E-state index is 0.267. The van der Waals surface area contributed by atoms with E-state index >= 15 is 0 Å². The van der Waals surface area contributed by atoms with Crippen molar-refractivity contribution in [2.75, 3.05) is 20.2 Å². The normalized spacial score (nSPS) is 22.6. The first kappa shape index (κ1) is 18.1. The van der Waals surface area contributed by atoms with Crippen LogP contribution in [0.1, 0.15) is 47.2 Å². The fourth-order valence-electron chi connectivity index (χ4n) is 4.77. The van der Waals surface area contributed by atoms with Gasteiger partial charge < -0.3 is 9.84 Å². The van der Waals surface area contributed by atoms with E-state index in [4.69, 9.17) is 4.74 Å². The number of methoxy groups -OCH3 is 1. The number of hydrogen-bond acceptors (Lipinski definition) is 4. The maximum Gasteiger partial charge on any atom is 0.183 e. The van der Waals surface area contributed by atoms with Crippen LogP contribution in [-0.4, -0.2) is 41.5 Å². The fourth-order valence-corrected chi connectivity index (χ4v) is 4.77. The number of para-hydroxylation sites is 1. The first-order chi connectivity index (χ1) is 13.1. The highest BCUT2D eigenvalue weighted by Gasteiger charge is 2.47. The molecule has 0 amide bonds. The number of piperidine rings is 1. The summed E-state index contributed by atoms with van der Waals surface area (Å²) < 4.78 is 5.33. The number of ether oxygens (including phenoxy) is 1. The summed E-state index contributed by atoms with van der Waals surface area (Å²) in [5, 5.41) is 10.1. The Morgan fingerprint density at radius 2 is 2.00 bits per heavy atom. The van der Waals surface area contributed by atoms with Crippen LogP contribution in [0.15, 0.2) is 42.5 Å². The third-order valence-electron chi connectivity index (χ3n) is 6.30. The average Bonchev–Trinajstić information content (AvgIpc) is 2.71. The highest BCUT2D eigenvalue weighted by Crippen LogP contribution is 2.40. The third-order valence-corrected chi connectivity index (χ3v) is 6.30. The summed E-state index contributed by atoms with van der Waals surface area (Å²) >= 11 is 0. The molecular weight excluding hydrogens is 338 g/mol. The molecule has 27 heavy (non-hydrogen) atoms. The second kappa shape index (κ2) is 7.35. The van der Waals surface area contributed by atoms with Crippen molar-refractivity contribution in [2.24, 2.45) is 0 Å². The van der Waals surface area contributed by atoms with E-state index in [1.165, 1.54) is 0 Å². The Morgan fingerprint density at radius 3 is 2.81 bits per heavy atom. The van der Waals surface area contributed by atoms with Crippen LogP contribution in [0.3, 0.4) is 0 Å². The molecule has 0 aromatic heterocycles. The van der Waals surface area contributed by atoms with E-state index in [9.17, 15) is 9.90 Å². The number of phenolic OH excluding ortho intramolecular Hbond substituents is 1. The maximum atomic E-state index is 13.6. The van der Waals surface area contributed by atoms with Gasteiger partial charge in [-0.2, -0.15) is 0 Å². The Morgan fingerprint density at radius 1 is 1.15 bits per heavy atom. The number of hydrogen-bond donors (Lipinski definition) is 1. The summed E-state index contributed by atoms with van der Waals surface area (Å²) in [7, 11) is 1.66. The molecule has 4 heteroatoms. The molecule has 2 aliphatic rings.